The molecule has 1 aromatic rings. The maximum atomic E-state index is 12.2. The number of rotatable bonds is 10. The summed E-state index contributed by atoms with van der Waals surface area (Å²) >= 11 is 1.58. The number of phenolic OH excluding ortho intramolecular Hbond substituents is 1. The van der Waals surface area contributed by atoms with E-state index in [1.807, 2.05) is 0 Å². The van der Waals surface area contributed by atoms with Crippen molar-refractivity contribution in [3.8, 4) is 5.75 Å². The summed E-state index contributed by atoms with van der Waals surface area (Å²) in [6.45, 7) is 17.6. The summed E-state index contributed by atoms with van der Waals surface area (Å²) in [6.07, 6.45) is 4.56. The van der Waals surface area contributed by atoms with Crippen LogP contribution in [0, 0.1) is 5.92 Å². The van der Waals surface area contributed by atoms with Crippen LogP contribution < -0.4 is 0 Å². The fourth-order valence-corrected chi connectivity index (χ4v) is 4.08. The van der Waals surface area contributed by atoms with Crippen LogP contribution in [0.5, 0.6) is 5.75 Å². The number of ether oxygens (including phenoxy) is 1. The number of hydrogen-bond acceptors (Lipinski definition) is 4. The van der Waals surface area contributed by atoms with E-state index >= 15 is 0 Å². The van der Waals surface area contributed by atoms with Gasteiger partial charge in [-0.1, -0.05) is 86.8 Å². The highest BCUT2D eigenvalue weighted by molar-refractivity contribution is 7.99. The summed E-state index contributed by atoms with van der Waals surface area (Å²) in [4.78, 5) is 12.2. The minimum absolute atomic E-state index is 0.129. The van der Waals surface area contributed by atoms with Gasteiger partial charge in [-0.05, 0) is 39.9 Å². The molecule has 0 aliphatic heterocycles. The molecule has 1 atom stereocenters. The number of carbonyl (C=O) groups is 1. The number of phenols is 1. The number of aromatic hydroxyl groups is 1. The fraction of sp³-hybridized carbons (Fsp3) is 0.720. The van der Waals surface area contributed by atoms with Gasteiger partial charge in [0.25, 0.3) is 0 Å². The average Bonchev–Trinajstić information content (AvgIpc) is 2.61. The molecule has 0 fully saturated rings. The smallest absolute Gasteiger partial charge is 0.315 e. The molecular weight excluding hydrogens is 380 g/mol. The molecule has 0 heterocycles. The second kappa shape index (κ2) is 11.3. The van der Waals surface area contributed by atoms with E-state index < -0.39 is 0 Å². The molecule has 0 aliphatic rings. The van der Waals surface area contributed by atoms with Crippen LogP contribution in [0.25, 0.3) is 0 Å². The Bertz CT molecular complexity index is 618. The van der Waals surface area contributed by atoms with Gasteiger partial charge in [0.2, 0.25) is 0 Å². The first-order valence-electron chi connectivity index (χ1n) is 11.0. The number of carbonyl (C=O) groups excluding carboxylic acids is 1. The van der Waals surface area contributed by atoms with E-state index in [9.17, 15) is 9.90 Å². The molecule has 0 amide bonds. The lowest BCUT2D eigenvalue weighted by Crippen LogP contribution is -2.18. The lowest BCUT2D eigenvalue weighted by Gasteiger charge is -2.28. The van der Waals surface area contributed by atoms with Crippen LogP contribution in [-0.4, -0.2) is 23.4 Å². The number of hydrogen-bond donors (Lipinski definition) is 1. The molecule has 29 heavy (non-hydrogen) atoms. The molecular formula is C25H42O3S. The largest absolute Gasteiger partial charge is 0.507 e. The molecule has 0 bridgehead atoms. The minimum atomic E-state index is -0.142. The van der Waals surface area contributed by atoms with Crippen LogP contribution in [0.3, 0.4) is 0 Å². The van der Waals surface area contributed by atoms with Crippen molar-refractivity contribution in [1.82, 2.24) is 0 Å². The predicted octanol–water partition coefficient (Wildman–Crippen LogP) is 6.98. The maximum absolute atomic E-state index is 12.2. The molecule has 4 heteroatoms. The Morgan fingerprint density at radius 1 is 1.07 bits per heavy atom. The first-order chi connectivity index (χ1) is 13.4. The van der Waals surface area contributed by atoms with Gasteiger partial charge in [0.05, 0.1) is 12.4 Å². The number of esters is 1. The summed E-state index contributed by atoms with van der Waals surface area (Å²) in [5, 5.41) is 10.8. The van der Waals surface area contributed by atoms with Crippen LogP contribution in [0.1, 0.15) is 97.8 Å². The van der Waals surface area contributed by atoms with Gasteiger partial charge in [-0.3, -0.25) is 4.79 Å². The van der Waals surface area contributed by atoms with Crippen LogP contribution in [0.4, 0.5) is 0 Å². The zero-order valence-corrected chi connectivity index (χ0v) is 20.7. The van der Waals surface area contributed by atoms with Crippen molar-refractivity contribution in [2.75, 3.05) is 12.4 Å². The van der Waals surface area contributed by atoms with Gasteiger partial charge >= 0.3 is 5.97 Å². The molecule has 0 unspecified atom stereocenters. The van der Waals surface area contributed by atoms with E-state index in [1.165, 1.54) is 12.8 Å². The summed E-state index contributed by atoms with van der Waals surface area (Å²) < 4.78 is 5.51. The number of benzene rings is 1. The van der Waals surface area contributed by atoms with Gasteiger partial charge in [-0.15, -0.1) is 11.8 Å². The van der Waals surface area contributed by atoms with Crippen molar-refractivity contribution >= 4 is 17.7 Å². The van der Waals surface area contributed by atoms with Crippen LogP contribution in [0.15, 0.2) is 12.1 Å². The second-order valence-electron chi connectivity index (χ2n) is 10.1. The topological polar surface area (TPSA) is 46.5 Å². The molecule has 1 aromatic carbocycles. The number of thioether (sulfide) groups is 1. The van der Waals surface area contributed by atoms with E-state index in [1.54, 1.807) is 11.8 Å². The van der Waals surface area contributed by atoms with E-state index in [-0.39, 0.29) is 16.8 Å². The average molecular weight is 423 g/mol. The van der Waals surface area contributed by atoms with Crippen molar-refractivity contribution in [1.29, 1.82) is 0 Å². The van der Waals surface area contributed by atoms with Crippen LogP contribution >= 0.6 is 11.8 Å². The quantitative estimate of drug-likeness (QED) is 0.413. The highest BCUT2D eigenvalue weighted by atomic mass is 32.2. The van der Waals surface area contributed by atoms with E-state index in [0.717, 1.165) is 35.3 Å². The Morgan fingerprint density at radius 3 is 2.07 bits per heavy atom. The molecule has 166 valence electrons. The molecule has 0 spiro atoms. The fourth-order valence-electron chi connectivity index (χ4n) is 3.32. The third kappa shape index (κ3) is 8.62. The Hall–Kier alpha value is -1.16. The van der Waals surface area contributed by atoms with E-state index in [0.29, 0.717) is 24.0 Å². The summed E-state index contributed by atoms with van der Waals surface area (Å²) in [6, 6.07) is 4.17. The monoisotopic (exact) mass is 422 g/mol. The highest BCUT2D eigenvalue weighted by Crippen LogP contribution is 2.40. The third-order valence-corrected chi connectivity index (χ3v) is 6.27. The van der Waals surface area contributed by atoms with Crippen molar-refractivity contribution in [3.63, 3.8) is 0 Å². The Kier molecular flexibility index (Phi) is 10.1. The molecule has 1 rings (SSSR count). The van der Waals surface area contributed by atoms with Gasteiger partial charge in [-0.2, -0.15) is 0 Å². The molecule has 0 radical (unpaired) electrons. The first kappa shape index (κ1) is 25.9. The van der Waals surface area contributed by atoms with E-state index in [4.69, 9.17) is 4.74 Å². The lowest BCUT2D eigenvalue weighted by molar-refractivity contribution is -0.141. The molecule has 0 saturated carbocycles. The number of unbranched alkanes of at least 4 members (excludes halogenated alkanes) is 1. The first-order valence-corrected chi connectivity index (χ1v) is 12.2. The Labute approximate surface area is 183 Å². The SMILES string of the molecule is CCCC[C@@H](CC)COC(=O)CSCc1cc(C(C)(C)C)c(O)c(C(C)(C)C)c1. The normalized spacial score (nSPS) is 13.4. The molecule has 1 N–H and O–H groups in total. The molecule has 0 saturated heterocycles. The summed E-state index contributed by atoms with van der Waals surface area (Å²) in [5.41, 5.74) is 2.79. The Morgan fingerprint density at radius 2 is 1.62 bits per heavy atom. The minimum Gasteiger partial charge on any atom is -0.507 e. The van der Waals surface area contributed by atoms with Crippen molar-refractivity contribution in [2.45, 2.75) is 97.7 Å². The van der Waals surface area contributed by atoms with Crippen molar-refractivity contribution in [2.24, 2.45) is 5.92 Å². The zero-order chi connectivity index (χ0) is 22.2. The van der Waals surface area contributed by atoms with Gasteiger partial charge in [0, 0.05) is 5.75 Å². The highest BCUT2D eigenvalue weighted by Gasteiger charge is 2.26. The molecule has 0 aliphatic carbocycles. The van der Waals surface area contributed by atoms with Gasteiger partial charge in [0.1, 0.15) is 5.75 Å². The summed E-state index contributed by atoms with van der Waals surface area (Å²) in [5.74, 6) is 1.84. The van der Waals surface area contributed by atoms with Crippen LogP contribution in [0.2, 0.25) is 0 Å². The lowest BCUT2D eigenvalue weighted by atomic mass is 9.78. The van der Waals surface area contributed by atoms with Crippen molar-refractivity contribution in [3.05, 3.63) is 28.8 Å². The second-order valence-corrected chi connectivity index (χ2v) is 11.1. The zero-order valence-electron chi connectivity index (χ0n) is 19.9. The maximum Gasteiger partial charge on any atom is 0.315 e. The van der Waals surface area contributed by atoms with Crippen molar-refractivity contribution < 1.29 is 14.6 Å². The molecule has 0 aromatic heterocycles. The molecule has 3 nitrogen and oxygen atoms in total. The third-order valence-electron chi connectivity index (χ3n) is 5.30. The van der Waals surface area contributed by atoms with Crippen LogP contribution in [-0.2, 0) is 26.1 Å². The summed E-state index contributed by atoms with van der Waals surface area (Å²) in [7, 11) is 0. The predicted molar refractivity (Wildman–Crippen MR) is 126 cm³/mol. The van der Waals surface area contributed by atoms with Gasteiger partial charge < -0.3 is 9.84 Å². The standard InChI is InChI=1S/C25H42O3S/c1-9-11-12-18(10-2)15-28-22(26)17-29-16-19-13-20(24(3,4)5)23(27)21(14-19)25(6,7)8/h13-14,18,27H,9-12,15-17H2,1-8H3/t18-/m1/s1. The van der Waals surface area contributed by atoms with E-state index in [2.05, 4.69) is 67.5 Å². The Balaban J connectivity index is 2.73. The van der Waals surface area contributed by atoms with Gasteiger partial charge in [-0.25, -0.2) is 0 Å². The van der Waals surface area contributed by atoms with Gasteiger partial charge in [0.15, 0.2) is 0 Å².